The van der Waals surface area contributed by atoms with E-state index in [1.54, 1.807) is 0 Å². The number of alkyl halides is 3. The number of carbonyl (C=O) groups excluding carboxylic acids is 1. The number of carboxylic acid groups (broad SMARTS) is 1. The van der Waals surface area contributed by atoms with Crippen molar-refractivity contribution in [2.75, 3.05) is 6.54 Å². The number of likely N-dealkylation sites (tertiary alicyclic amines) is 1. The Labute approximate surface area is 130 Å². The van der Waals surface area contributed by atoms with E-state index < -0.39 is 36.4 Å². The van der Waals surface area contributed by atoms with Gasteiger partial charge in [0, 0.05) is 32.4 Å². The molecule has 2 heterocycles. The Balaban J connectivity index is 2.21. The molecule has 1 amide bonds. The number of halogens is 3. The van der Waals surface area contributed by atoms with Crippen LogP contribution in [0.5, 0.6) is 0 Å². The van der Waals surface area contributed by atoms with Crippen molar-refractivity contribution in [3.8, 4) is 0 Å². The van der Waals surface area contributed by atoms with Gasteiger partial charge in [-0.25, -0.2) is 9.78 Å². The molecule has 1 fully saturated rings. The summed E-state index contributed by atoms with van der Waals surface area (Å²) in [4.78, 5) is 28.2. The summed E-state index contributed by atoms with van der Waals surface area (Å²) in [5.41, 5.74) is 0. The Kier molecular flexibility index (Phi) is 4.96. The molecule has 1 aliphatic heterocycles. The van der Waals surface area contributed by atoms with Crippen LogP contribution in [0.1, 0.15) is 37.4 Å². The number of hydrogen-bond acceptors (Lipinski definition) is 3. The van der Waals surface area contributed by atoms with E-state index in [-0.39, 0.29) is 18.8 Å². The number of aromatic nitrogens is 2. The molecule has 128 valence electrons. The first-order chi connectivity index (χ1) is 10.7. The van der Waals surface area contributed by atoms with Gasteiger partial charge < -0.3 is 14.6 Å². The summed E-state index contributed by atoms with van der Waals surface area (Å²) in [7, 11) is 1.42. The zero-order valence-electron chi connectivity index (χ0n) is 12.6. The number of nitrogens with zero attached hydrogens (tertiary/aromatic N) is 3. The van der Waals surface area contributed by atoms with Crippen LogP contribution >= 0.6 is 0 Å². The monoisotopic (exact) mass is 333 g/mol. The van der Waals surface area contributed by atoms with Crippen molar-refractivity contribution in [3.63, 3.8) is 0 Å². The maximum atomic E-state index is 13.3. The maximum Gasteiger partial charge on any atom is 0.399 e. The number of aliphatic carboxylic acids is 1. The van der Waals surface area contributed by atoms with Crippen LogP contribution < -0.4 is 0 Å². The first-order valence-electron chi connectivity index (χ1n) is 7.28. The topological polar surface area (TPSA) is 75.4 Å². The van der Waals surface area contributed by atoms with E-state index in [0.717, 1.165) is 4.90 Å². The predicted molar refractivity (Wildman–Crippen MR) is 73.6 cm³/mol. The van der Waals surface area contributed by atoms with E-state index in [2.05, 4.69) is 4.98 Å². The highest BCUT2D eigenvalue weighted by atomic mass is 19.4. The Hall–Kier alpha value is -2.06. The van der Waals surface area contributed by atoms with Crippen molar-refractivity contribution in [3.05, 3.63) is 18.2 Å². The van der Waals surface area contributed by atoms with Gasteiger partial charge in [-0.15, -0.1) is 0 Å². The standard InChI is InChI=1S/C14H18F3N3O3/c1-19-7-5-18-12(19)9(14(15,16)17)8-11(21)20-6-3-2-4-10(20)13(22)23/h5,7,9-10H,2-4,6,8H2,1H3,(H,22,23). The molecule has 2 rings (SSSR count). The van der Waals surface area contributed by atoms with Gasteiger partial charge in [0.05, 0.1) is 0 Å². The Morgan fingerprint density at radius 3 is 2.65 bits per heavy atom. The van der Waals surface area contributed by atoms with Crippen molar-refractivity contribution in [2.24, 2.45) is 7.05 Å². The highest BCUT2D eigenvalue weighted by Gasteiger charge is 2.46. The lowest BCUT2D eigenvalue weighted by Gasteiger charge is -2.34. The summed E-state index contributed by atoms with van der Waals surface area (Å²) < 4.78 is 41.1. The van der Waals surface area contributed by atoms with Gasteiger partial charge in [-0.1, -0.05) is 0 Å². The Morgan fingerprint density at radius 2 is 2.13 bits per heavy atom. The number of imidazole rings is 1. The van der Waals surface area contributed by atoms with Crippen LogP contribution in [-0.4, -0.2) is 50.2 Å². The minimum Gasteiger partial charge on any atom is -0.480 e. The normalized spacial score (nSPS) is 20.3. The first kappa shape index (κ1) is 17.3. The molecule has 2 atom stereocenters. The average Bonchev–Trinajstić information content (AvgIpc) is 2.89. The second-order valence-corrected chi connectivity index (χ2v) is 5.63. The number of carbonyl (C=O) groups is 2. The molecular formula is C14H18F3N3O3. The molecule has 1 N–H and O–H groups in total. The third-order valence-corrected chi connectivity index (χ3v) is 4.05. The van der Waals surface area contributed by atoms with Gasteiger partial charge in [-0.2, -0.15) is 13.2 Å². The molecule has 1 aromatic heterocycles. The summed E-state index contributed by atoms with van der Waals surface area (Å²) in [6.07, 6.45) is -1.36. The lowest BCUT2D eigenvalue weighted by Crippen LogP contribution is -2.48. The molecule has 0 saturated carbocycles. The van der Waals surface area contributed by atoms with Crippen LogP contribution in [0.4, 0.5) is 13.2 Å². The predicted octanol–water partition coefficient (Wildman–Crippen LogP) is 1.92. The SMILES string of the molecule is Cn1ccnc1C(CC(=O)N1CCCCC1C(=O)O)C(F)(F)F. The third kappa shape index (κ3) is 3.83. The fourth-order valence-electron chi connectivity index (χ4n) is 2.85. The van der Waals surface area contributed by atoms with Gasteiger partial charge in [-0.3, -0.25) is 4.79 Å². The molecule has 1 aromatic rings. The largest absolute Gasteiger partial charge is 0.480 e. The van der Waals surface area contributed by atoms with Crippen molar-refractivity contribution in [1.29, 1.82) is 0 Å². The third-order valence-electron chi connectivity index (χ3n) is 4.05. The summed E-state index contributed by atoms with van der Waals surface area (Å²) in [6, 6.07) is -1.05. The second kappa shape index (κ2) is 6.59. The van der Waals surface area contributed by atoms with Crippen LogP contribution in [0.15, 0.2) is 12.4 Å². The fraction of sp³-hybridized carbons (Fsp3) is 0.643. The molecular weight excluding hydrogens is 315 g/mol. The molecule has 1 saturated heterocycles. The van der Waals surface area contributed by atoms with Gasteiger partial charge in [0.15, 0.2) is 0 Å². The lowest BCUT2D eigenvalue weighted by atomic mass is 9.98. The van der Waals surface area contributed by atoms with E-state index in [0.29, 0.717) is 12.8 Å². The van der Waals surface area contributed by atoms with Crippen molar-refractivity contribution in [1.82, 2.24) is 14.5 Å². The van der Waals surface area contributed by atoms with Crippen LogP contribution in [0, 0.1) is 0 Å². The quantitative estimate of drug-likeness (QED) is 0.913. The molecule has 2 unspecified atom stereocenters. The molecule has 23 heavy (non-hydrogen) atoms. The number of amides is 1. The Morgan fingerprint density at radius 1 is 1.43 bits per heavy atom. The maximum absolute atomic E-state index is 13.3. The Bertz CT molecular complexity index is 585. The summed E-state index contributed by atoms with van der Waals surface area (Å²) in [5.74, 6) is -4.29. The zero-order valence-corrected chi connectivity index (χ0v) is 12.6. The van der Waals surface area contributed by atoms with Gasteiger partial charge in [-0.05, 0) is 19.3 Å². The minimum atomic E-state index is -4.64. The molecule has 0 radical (unpaired) electrons. The molecule has 1 aliphatic rings. The average molecular weight is 333 g/mol. The lowest BCUT2D eigenvalue weighted by molar-refractivity contribution is -0.165. The van der Waals surface area contributed by atoms with Gasteiger partial charge in [0.25, 0.3) is 0 Å². The molecule has 6 nitrogen and oxygen atoms in total. The molecule has 0 aliphatic carbocycles. The van der Waals surface area contributed by atoms with Crippen LogP contribution in [0.2, 0.25) is 0 Å². The van der Waals surface area contributed by atoms with Crippen molar-refractivity contribution < 1.29 is 27.9 Å². The van der Waals surface area contributed by atoms with E-state index in [1.165, 1.54) is 24.0 Å². The van der Waals surface area contributed by atoms with E-state index in [9.17, 15) is 22.8 Å². The summed E-state index contributed by atoms with van der Waals surface area (Å²) in [5, 5.41) is 9.15. The van der Waals surface area contributed by atoms with Crippen LogP contribution in [0.25, 0.3) is 0 Å². The highest BCUT2D eigenvalue weighted by molar-refractivity contribution is 5.84. The van der Waals surface area contributed by atoms with Crippen LogP contribution in [0.3, 0.4) is 0 Å². The number of rotatable bonds is 4. The van der Waals surface area contributed by atoms with Crippen LogP contribution in [-0.2, 0) is 16.6 Å². The van der Waals surface area contributed by atoms with Crippen molar-refractivity contribution in [2.45, 2.75) is 43.8 Å². The number of carboxylic acids is 1. The minimum absolute atomic E-state index is 0.168. The zero-order chi connectivity index (χ0) is 17.2. The van der Waals surface area contributed by atoms with E-state index >= 15 is 0 Å². The smallest absolute Gasteiger partial charge is 0.399 e. The van der Waals surface area contributed by atoms with Gasteiger partial charge in [0.1, 0.15) is 17.8 Å². The summed E-state index contributed by atoms with van der Waals surface area (Å²) >= 11 is 0. The number of hydrogen-bond donors (Lipinski definition) is 1. The van der Waals surface area contributed by atoms with Gasteiger partial charge in [0.2, 0.25) is 5.91 Å². The second-order valence-electron chi connectivity index (χ2n) is 5.63. The van der Waals surface area contributed by atoms with E-state index in [1.807, 2.05) is 0 Å². The number of aryl methyl sites for hydroxylation is 1. The molecule has 0 bridgehead atoms. The highest BCUT2D eigenvalue weighted by Crippen LogP contribution is 2.37. The molecule has 0 aromatic carbocycles. The molecule has 0 spiro atoms. The number of piperidine rings is 1. The van der Waals surface area contributed by atoms with E-state index in [4.69, 9.17) is 5.11 Å². The first-order valence-corrected chi connectivity index (χ1v) is 7.28. The van der Waals surface area contributed by atoms with Crippen molar-refractivity contribution >= 4 is 11.9 Å². The van der Waals surface area contributed by atoms with Gasteiger partial charge >= 0.3 is 12.1 Å². The molecule has 9 heteroatoms. The summed E-state index contributed by atoms with van der Waals surface area (Å²) in [6.45, 7) is 0.168. The fourth-order valence-corrected chi connectivity index (χ4v) is 2.85.